The van der Waals surface area contributed by atoms with Crippen LogP contribution in [0, 0.1) is 0 Å². The van der Waals surface area contributed by atoms with Gasteiger partial charge in [0.15, 0.2) is 0 Å². The molecule has 1 aliphatic rings. The fourth-order valence-corrected chi connectivity index (χ4v) is 4.23. The molecule has 0 spiro atoms. The first-order valence-corrected chi connectivity index (χ1v) is 9.38. The Morgan fingerprint density at radius 2 is 2.08 bits per heavy atom. The highest BCUT2D eigenvalue weighted by molar-refractivity contribution is 7.17. The zero-order chi connectivity index (χ0) is 18.1. The van der Waals surface area contributed by atoms with Crippen molar-refractivity contribution in [3.05, 3.63) is 75.6 Å². The monoisotopic (exact) mass is 385 g/mol. The zero-order valence-corrected chi connectivity index (χ0v) is 15.3. The summed E-state index contributed by atoms with van der Waals surface area (Å²) in [7, 11) is 0. The van der Waals surface area contributed by atoms with E-state index in [1.54, 1.807) is 24.3 Å². The van der Waals surface area contributed by atoms with E-state index in [-0.39, 0.29) is 12.5 Å². The van der Waals surface area contributed by atoms with Crippen LogP contribution in [0.25, 0.3) is 10.4 Å². The van der Waals surface area contributed by atoms with E-state index in [4.69, 9.17) is 16.3 Å². The Bertz CT molecular complexity index is 969. The molecule has 0 unspecified atom stereocenters. The maximum Gasteiger partial charge on any atom is 0.261 e. The minimum absolute atomic E-state index is 0.120. The van der Waals surface area contributed by atoms with Gasteiger partial charge >= 0.3 is 0 Å². The highest BCUT2D eigenvalue weighted by Crippen LogP contribution is 2.42. The average molecular weight is 386 g/mol. The predicted octanol–water partition coefficient (Wildman–Crippen LogP) is 4.42. The number of nitrogens with one attached hydrogen (secondary N) is 1. The molecule has 26 heavy (non-hydrogen) atoms. The van der Waals surface area contributed by atoms with Crippen LogP contribution in [0.4, 0.5) is 0 Å². The van der Waals surface area contributed by atoms with Crippen LogP contribution in [0.3, 0.4) is 0 Å². The smallest absolute Gasteiger partial charge is 0.261 e. The molecule has 0 saturated heterocycles. The third-order valence-corrected chi connectivity index (χ3v) is 5.68. The number of aliphatic hydroxyl groups is 1. The number of fused-ring (bicyclic) bond motifs is 3. The lowest BCUT2D eigenvalue weighted by atomic mass is 10.1. The summed E-state index contributed by atoms with van der Waals surface area (Å²) in [4.78, 5) is 14.2. The second-order valence-electron chi connectivity index (χ2n) is 6.03. The van der Waals surface area contributed by atoms with Gasteiger partial charge < -0.3 is 15.2 Å². The molecule has 0 saturated carbocycles. The number of thiophene rings is 1. The molecule has 3 aromatic rings. The van der Waals surface area contributed by atoms with E-state index in [1.165, 1.54) is 11.3 Å². The molecule has 0 fully saturated rings. The number of amides is 1. The first-order valence-electron chi connectivity index (χ1n) is 8.18. The summed E-state index contributed by atoms with van der Waals surface area (Å²) in [6.45, 7) is 0.579. The van der Waals surface area contributed by atoms with E-state index >= 15 is 0 Å². The lowest BCUT2D eigenvalue weighted by Gasteiger charge is -2.16. The summed E-state index contributed by atoms with van der Waals surface area (Å²) in [6.07, 6.45) is -0.809. The number of benzene rings is 2. The van der Waals surface area contributed by atoms with Crippen molar-refractivity contribution in [3.63, 3.8) is 0 Å². The highest BCUT2D eigenvalue weighted by Gasteiger charge is 2.22. The molecule has 4 rings (SSSR count). The summed E-state index contributed by atoms with van der Waals surface area (Å²) in [5, 5.41) is 13.6. The van der Waals surface area contributed by atoms with Crippen LogP contribution in [0.15, 0.2) is 54.6 Å². The molecule has 1 aromatic heterocycles. The van der Waals surface area contributed by atoms with Gasteiger partial charge in [0.05, 0.1) is 11.0 Å². The van der Waals surface area contributed by atoms with Crippen LogP contribution in [-0.4, -0.2) is 17.6 Å². The van der Waals surface area contributed by atoms with Crippen LogP contribution in [0.1, 0.15) is 26.9 Å². The second-order valence-corrected chi connectivity index (χ2v) is 7.52. The van der Waals surface area contributed by atoms with Crippen molar-refractivity contribution in [2.75, 3.05) is 6.54 Å². The molecule has 132 valence electrons. The quantitative estimate of drug-likeness (QED) is 0.698. The summed E-state index contributed by atoms with van der Waals surface area (Å²) < 4.78 is 5.73. The number of hydrogen-bond donors (Lipinski definition) is 2. The van der Waals surface area contributed by atoms with Gasteiger partial charge in [-0.1, -0.05) is 35.9 Å². The molecule has 0 bridgehead atoms. The fourth-order valence-electron chi connectivity index (χ4n) is 2.92. The van der Waals surface area contributed by atoms with Crippen LogP contribution in [0.2, 0.25) is 5.02 Å². The van der Waals surface area contributed by atoms with E-state index in [9.17, 15) is 9.90 Å². The molecule has 1 atom stereocenters. The first-order chi connectivity index (χ1) is 12.6. The Hall–Kier alpha value is -2.34. The number of carbonyl (C=O) groups is 1. The maximum atomic E-state index is 12.5. The van der Waals surface area contributed by atoms with Crippen molar-refractivity contribution in [2.24, 2.45) is 0 Å². The fraction of sp³-hybridized carbons (Fsp3) is 0.150. The lowest BCUT2D eigenvalue weighted by molar-refractivity contribution is 0.0920. The van der Waals surface area contributed by atoms with Gasteiger partial charge in [0, 0.05) is 27.6 Å². The van der Waals surface area contributed by atoms with Crippen LogP contribution in [0.5, 0.6) is 5.75 Å². The van der Waals surface area contributed by atoms with Crippen LogP contribution in [-0.2, 0) is 6.61 Å². The summed E-state index contributed by atoms with van der Waals surface area (Å²) in [5.41, 5.74) is 2.69. The molecule has 4 nitrogen and oxygen atoms in total. The Morgan fingerprint density at radius 3 is 2.92 bits per heavy atom. The Kier molecular flexibility index (Phi) is 4.68. The number of hydrogen-bond acceptors (Lipinski definition) is 4. The van der Waals surface area contributed by atoms with Crippen molar-refractivity contribution < 1.29 is 14.6 Å². The third kappa shape index (κ3) is 3.33. The molecular formula is C20H16ClNO3S. The topological polar surface area (TPSA) is 58.6 Å². The van der Waals surface area contributed by atoms with Crippen molar-refractivity contribution in [3.8, 4) is 16.2 Å². The summed E-state index contributed by atoms with van der Waals surface area (Å²) >= 11 is 7.38. The number of para-hydroxylation sites is 1. The van der Waals surface area contributed by atoms with Gasteiger partial charge in [0.25, 0.3) is 5.91 Å². The van der Waals surface area contributed by atoms with Crippen molar-refractivity contribution in [2.45, 2.75) is 12.7 Å². The van der Waals surface area contributed by atoms with Gasteiger partial charge in [-0.05, 0) is 35.9 Å². The van der Waals surface area contributed by atoms with Crippen LogP contribution < -0.4 is 10.1 Å². The first kappa shape index (κ1) is 17.1. The normalized spacial score (nSPS) is 13.3. The molecule has 2 N–H and O–H groups in total. The number of halogens is 1. The minimum atomic E-state index is -0.809. The molecule has 2 heterocycles. The largest absolute Gasteiger partial charge is 0.488 e. The van der Waals surface area contributed by atoms with Gasteiger partial charge in [-0.2, -0.15) is 0 Å². The van der Waals surface area contributed by atoms with Gasteiger partial charge in [-0.15, -0.1) is 11.3 Å². The molecule has 1 aliphatic heterocycles. The zero-order valence-electron chi connectivity index (χ0n) is 13.7. The molecule has 0 radical (unpaired) electrons. The lowest BCUT2D eigenvalue weighted by Crippen LogP contribution is -2.27. The highest BCUT2D eigenvalue weighted by atomic mass is 35.5. The number of aliphatic hydroxyl groups excluding tert-OH is 1. The number of ether oxygens (including phenoxy) is 1. The predicted molar refractivity (Wildman–Crippen MR) is 103 cm³/mol. The number of carbonyl (C=O) groups excluding carboxylic acids is 1. The standard InChI is InChI=1S/C20H16ClNO3S/c21-14-5-3-4-12(8-14)16(23)10-22-20(24)18-9-13-11-25-17-7-2-1-6-15(17)19(13)26-18/h1-9,16,23H,10-11H2,(H,22,24)/t16-/m1/s1. The Morgan fingerprint density at radius 1 is 1.23 bits per heavy atom. The van der Waals surface area contributed by atoms with Crippen molar-refractivity contribution in [1.29, 1.82) is 0 Å². The Labute approximate surface area is 160 Å². The van der Waals surface area contributed by atoms with E-state index in [2.05, 4.69) is 5.32 Å². The van der Waals surface area contributed by atoms with Gasteiger partial charge in [0.2, 0.25) is 0 Å². The SMILES string of the molecule is O=C(NC[C@@H](O)c1cccc(Cl)c1)c1cc2c(s1)-c1ccccc1OC2. The summed E-state index contributed by atoms with van der Waals surface area (Å²) in [6, 6.07) is 16.7. The summed E-state index contributed by atoms with van der Waals surface area (Å²) in [5.74, 6) is 0.633. The minimum Gasteiger partial charge on any atom is -0.488 e. The Balaban J connectivity index is 1.48. The van der Waals surface area contributed by atoms with Gasteiger partial charge in [0.1, 0.15) is 12.4 Å². The van der Waals surface area contributed by atoms with Crippen molar-refractivity contribution in [1.82, 2.24) is 5.32 Å². The van der Waals surface area contributed by atoms with E-state index < -0.39 is 6.10 Å². The molecule has 6 heteroatoms. The number of rotatable bonds is 4. The third-order valence-electron chi connectivity index (χ3n) is 4.24. The van der Waals surface area contributed by atoms with E-state index in [0.717, 1.165) is 21.8 Å². The van der Waals surface area contributed by atoms with Gasteiger partial charge in [-0.3, -0.25) is 4.79 Å². The second kappa shape index (κ2) is 7.11. The molecule has 2 aromatic carbocycles. The van der Waals surface area contributed by atoms with Crippen LogP contribution >= 0.6 is 22.9 Å². The van der Waals surface area contributed by atoms with E-state index in [1.807, 2.05) is 30.3 Å². The molecular weight excluding hydrogens is 370 g/mol. The molecule has 1 amide bonds. The molecule has 0 aliphatic carbocycles. The van der Waals surface area contributed by atoms with Gasteiger partial charge in [-0.25, -0.2) is 0 Å². The average Bonchev–Trinajstić information content (AvgIpc) is 3.11. The maximum absolute atomic E-state index is 12.5. The van der Waals surface area contributed by atoms with Crippen molar-refractivity contribution >= 4 is 28.8 Å². The van der Waals surface area contributed by atoms with E-state index in [0.29, 0.717) is 22.1 Å².